The van der Waals surface area contributed by atoms with Crippen molar-refractivity contribution in [2.45, 2.75) is 12.5 Å². The van der Waals surface area contributed by atoms with Gasteiger partial charge in [0.1, 0.15) is 0 Å². The van der Waals surface area contributed by atoms with Crippen LogP contribution in [0.5, 0.6) is 0 Å². The maximum atomic E-state index is 5.84. The highest BCUT2D eigenvalue weighted by atomic mass is 14.9. The van der Waals surface area contributed by atoms with E-state index in [4.69, 9.17) is 11.5 Å². The number of nitrogens with two attached hydrogens (primary N) is 2. The number of fused-ring (bicyclic) bond motifs is 1. The number of benzene rings is 1. The van der Waals surface area contributed by atoms with Crippen molar-refractivity contribution in [3.05, 3.63) is 29.3 Å². The van der Waals surface area contributed by atoms with E-state index < -0.39 is 0 Å². The lowest BCUT2D eigenvalue weighted by Crippen LogP contribution is -2.20. The quantitative estimate of drug-likeness (QED) is 0.620. The van der Waals surface area contributed by atoms with Crippen molar-refractivity contribution in [2.75, 3.05) is 18.4 Å². The second-order valence-electron chi connectivity index (χ2n) is 3.44. The van der Waals surface area contributed by atoms with Crippen LogP contribution in [0.25, 0.3) is 0 Å². The Bertz CT molecular complexity index is 309. The number of nitrogens with one attached hydrogen (secondary N) is 1. The second-order valence-corrected chi connectivity index (χ2v) is 3.44. The van der Waals surface area contributed by atoms with Crippen LogP contribution in [-0.2, 0) is 6.42 Å². The molecule has 0 saturated heterocycles. The van der Waals surface area contributed by atoms with Crippen LogP contribution in [-0.4, -0.2) is 13.1 Å². The van der Waals surface area contributed by atoms with Crippen LogP contribution in [0.1, 0.15) is 17.2 Å². The molecule has 5 N–H and O–H groups in total. The van der Waals surface area contributed by atoms with Crippen molar-refractivity contribution in [3.63, 3.8) is 0 Å². The van der Waals surface area contributed by atoms with Crippen molar-refractivity contribution in [2.24, 2.45) is 11.5 Å². The minimum Gasteiger partial charge on any atom is -0.384 e. The standard InChI is InChI=1S/C10H15N3/c11-6-9(12)7-1-2-10-8(5-7)3-4-13-10/h1-2,5,9,13H,3-4,6,11-12H2. The van der Waals surface area contributed by atoms with Crippen molar-refractivity contribution < 1.29 is 0 Å². The van der Waals surface area contributed by atoms with Gasteiger partial charge >= 0.3 is 0 Å². The highest BCUT2D eigenvalue weighted by molar-refractivity contribution is 5.56. The molecule has 2 rings (SSSR count). The molecule has 1 aliphatic heterocycles. The summed E-state index contributed by atoms with van der Waals surface area (Å²) in [7, 11) is 0. The van der Waals surface area contributed by atoms with Crippen LogP contribution >= 0.6 is 0 Å². The molecule has 70 valence electrons. The van der Waals surface area contributed by atoms with Gasteiger partial charge in [-0.25, -0.2) is 0 Å². The Morgan fingerprint density at radius 1 is 1.46 bits per heavy atom. The first-order valence-electron chi connectivity index (χ1n) is 4.63. The van der Waals surface area contributed by atoms with Crippen molar-refractivity contribution >= 4 is 5.69 Å². The third-order valence-electron chi connectivity index (χ3n) is 2.52. The zero-order valence-corrected chi connectivity index (χ0v) is 7.59. The first-order valence-corrected chi connectivity index (χ1v) is 4.63. The maximum absolute atomic E-state index is 5.84. The normalized spacial score (nSPS) is 16.5. The number of hydrogen-bond donors (Lipinski definition) is 3. The molecule has 1 atom stereocenters. The van der Waals surface area contributed by atoms with Crippen molar-refractivity contribution in [1.29, 1.82) is 0 Å². The van der Waals surface area contributed by atoms with Crippen LogP contribution in [0.3, 0.4) is 0 Å². The fourth-order valence-electron chi connectivity index (χ4n) is 1.69. The summed E-state index contributed by atoms with van der Waals surface area (Å²) in [5.74, 6) is 0. The lowest BCUT2D eigenvalue weighted by Gasteiger charge is -2.10. The monoisotopic (exact) mass is 177 g/mol. The Labute approximate surface area is 78.1 Å². The van der Waals surface area contributed by atoms with E-state index in [-0.39, 0.29) is 6.04 Å². The van der Waals surface area contributed by atoms with Gasteiger partial charge in [-0.3, -0.25) is 0 Å². The first-order chi connectivity index (χ1) is 6.31. The molecule has 0 aromatic heterocycles. The lowest BCUT2D eigenvalue weighted by molar-refractivity contribution is 0.736. The molecule has 1 aliphatic rings. The largest absolute Gasteiger partial charge is 0.384 e. The summed E-state index contributed by atoms with van der Waals surface area (Å²) < 4.78 is 0. The third kappa shape index (κ3) is 1.53. The minimum absolute atomic E-state index is 0.0223. The molecule has 0 amide bonds. The molecule has 0 bridgehead atoms. The fraction of sp³-hybridized carbons (Fsp3) is 0.400. The molecule has 3 heteroatoms. The van der Waals surface area contributed by atoms with E-state index in [9.17, 15) is 0 Å². The van der Waals surface area contributed by atoms with Gasteiger partial charge < -0.3 is 16.8 Å². The van der Waals surface area contributed by atoms with Crippen LogP contribution < -0.4 is 16.8 Å². The molecule has 0 fully saturated rings. The highest BCUT2D eigenvalue weighted by Crippen LogP contribution is 2.24. The molecular weight excluding hydrogens is 162 g/mol. The molecule has 0 saturated carbocycles. The van der Waals surface area contributed by atoms with Gasteiger partial charge in [0.05, 0.1) is 0 Å². The van der Waals surface area contributed by atoms with E-state index in [0.29, 0.717) is 6.54 Å². The molecule has 1 heterocycles. The first kappa shape index (κ1) is 8.53. The summed E-state index contributed by atoms with van der Waals surface area (Å²) >= 11 is 0. The summed E-state index contributed by atoms with van der Waals surface area (Å²) in [6.07, 6.45) is 1.10. The Kier molecular flexibility index (Phi) is 2.20. The lowest BCUT2D eigenvalue weighted by atomic mass is 10.0. The summed E-state index contributed by atoms with van der Waals surface area (Å²) in [5.41, 5.74) is 15.1. The minimum atomic E-state index is -0.0223. The van der Waals surface area contributed by atoms with Crippen LogP contribution in [0.15, 0.2) is 18.2 Å². The fourth-order valence-corrected chi connectivity index (χ4v) is 1.69. The van der Waals surface area contributed by atoms with Gasteiger partial charge in [-0.2, -0.15) is 0 Å². The maximum Gasteiger partial charge on any atom is 0.0419 e. The van der Waals surface area contributed by atoms with E-state index in [1.165, 1.54) is 11.3 Å². The Morgan fingerprint density at radius 3 is 3.08 bits per heavy atom. The van der Waals surface area contributed by atoms with Gasteiger partial charge in [-0.15, -0.1) is 0 Å². The van der Waals surface area contributed by atoms with Crippen molar-refractivity contribution in [1.82, 2.24) is 0 Å². The second kappa shape index (κ2) is 3.36. The number of hydrogen-bond acceptors (Lipinski definition) is 3. The topological polar surface area (TPSA) is 64.1 Å². The van der Waals surface area contributed by atoms with Gasteiger partial charge in [0.25, 0.3) is 0 Å². The Morgan fingerprint density at radius 2 is 2.31 bits per heavy atom. The van der Waals surface area contributed by atoms with Gasteiger partial charge in [0, 0.05) is 24.8 Å². The van der Waals surface area contributed by atoms with Gasteiger partial charge in [0.2, 0.25) is 0 Å². The molecule has 0 radical (unpaired) electrons. The molecule has 1 aromatic rings. The van der Waals surface area contributed by atoms with Gasteiger partial charge in [-0.05, 0) is 23.6 Å². The predicted molar refractivity (Wildman–Crippen MR) is 54.6 cm³/mol. The smallest absolute Gasteiger partial charge is 0.0419 e. The highest BCUT2D eigenvalue weighted by Gasteiger charge is 2.11. The van der Waals surface area contributed by atoms with Gasteiger partial charge in [-0.1, -0.05) is 12.1 Å². The van der Waals surface area contributed by atoms with E-state index in [0.717, 1.165) is 18.5 Å². The Balaban J connectivity index is 2.30. The molecule has 1 aromatic carbocycles. The summed E-state index contributed by atoms with van der Waals surface area (Å²) in [5, 5.41) is 3.31. The third-order valence-corrected chi connectivity index (χ3v) is 2.52. The van der Waals surface area contributed by atoms with E-state index in [1.54, 1.807) is 0 Å². The molecule has 1 unspecified atom stereocenters. The van der Waals surface area contributed by atoms with E-state index in [2.05, 4.69) is 23.5 Å². The SMILES string of the molecule is NCC(N)c1ccc2c(c1)CCN2. The molecule has 0 spiro atoms. The van der Waals surface area contributed by atoms with E-state index >= 15 is 0 Å². The predicted octanol–water partition coefficient (Wildman–Crippen LogP) is 0.613. The average Bonchev–Trinajstić information content (AvgIpc) is 2.63. The molecular formula is C10H15N3. The average molecular weight is 177 g/mol. The number of anilines is 1. The van der Waals surface area contributed by atoms with Crippen LogP contribution in [0.2, 0.25) is 0 Å². The zero-order chi connectivity index (χ0) is 9.26. The zero-order valence-electron chi connectivity index (χ0n) is 7.59. The molecule has 3 nitrogen and oxygen atoms in total. The molecule has 13 heavy (non-hydrogen) atoms. The summed E-state index contributed by atoms with van der Waals surface area (Å²) in [6.45, 7) is 1.54. The van der Waals surface area contributed by atoms with E-state index in [1.807, 2.05) is 0 Å². The van der Waals surface area contributed by atoms with Crippen LogP contribution in [0, 0.1) is 0 Å². The summed E-state index contributed by atoms with van der Waals surface area (Å²) in [6, 6.07) is 6.28. The van der Waals surface area contributed by atoms with Gasteiger partial charge in [0.15, 0.2) is 0 Å². The molecule has 0 aliphatic carbocycles. The summed E-state index contributed by atoms with van der Waals surface area (Å²) in [4.78, 5) is 0. The Hall–Kier alpha value is -1.06. The van der Waals surface area contributed by atoms with Crippen molar-refractivity contribution in [3.8, 4) is 0 Å². The number of rotatable bonds is 2. The van der Waals surface area contributed by atoms with Crippen LogP contribution in [0.4, 0.5) is 5.69 Å².